The second-order valence-corrected chi connectivity index (χ2v) is 3.82. The van der Waals surface area contributed by atoms with Gasteiger partial charge in [-0.05, 0) is 6.92 Å². The minimum absolute atomic E-state index is 0.701. The summed E-state index contributed by atoms with van der Waals surface area (Å²) in [5.41, 5.74) is -1.88. The summed E-state index contributed by atoms with van der Waals surface area (Å²) in [6.07, 6.45) is -4.76. The summed E-state index contributed by atoms with van der Waals surface area (Å²) in [5, 5.41) is 30.2. The Labute approximate surface area is 86.8 Å². The zero-order valence-electron chi connectivity index (χ0n) is 8.78. The van der Waals surface area contributed by atoms with Gasteiger partial charge in [0.1, 0.15) is 0 Å². The monoisotopic (exact) mass is 221 g/mol. The molecule has 0 aromatic heterocycles. The van der Waals surface area contributed by atoms with Crippen LogP contribution >= 0.6 is 0 Å². The molecule has 1 fully saturated rings. The SMILES string of the molecule is CO[C@@H]1O[C@@H](C)[C@H](O)[C@](C)([N+](=O)[O-])[C@@H]1O. The summed E-state index contributed by atoms with van der Waals surface area (Å²) in [4.78, 5) is 10.2. The molecule has 7 nitrogen and oxygen atoms in total. The molecule has 1 aliphatic heterocycles. The Hall–Kier alpha value is -0.760. The van der Waals surface area contributed by atoms with Gasteiger partial charge in [-0.3, -0.25) is 10.1 Å². The fraction of sp³-hybridized carbons (Fsp3) is 1.00. The first-order valence-electron chi connectivity index (χ1n) is 4.54. The maximum absolute atomic E-state index is 10.9. The van der Waals surface area contributed by atoms with Crippen molar-refractivity contribution in [2.75, 3.05) is 7.11 Å². The van der Waals surface area contributed by atoms with Crippen LogP contribution in [0, 0.1) is 10.1 Å². The van der Waals surface area contributed by atoms with Crippen LogP contribution in [0.4, 0.5) is 0 Å². The van der Waals surface area contributed by atoms with Crippen molar-refractivity contribution in [2.45, 2.75) is 44.0 Å². The number of nitro groups is 1. The van der Waals surface area contributed by atoms with Gasteiger partial charge in [-0.2, -0.15) is 0 Å². The minimum Gasteiger partial charge on any atom is -0.383 e. The van der Waals surface area contributed by atoms with Crippen LogP contribution in [0.1, 0.15) is 13.8 Å². The molecule has 0 saturated carbocycles. The van der Waals surface area contributed by atoms with E-state index < -0.39 is 35.1 Å². The summed E-state index contributed by atoms with van der Waals surface area (Å²) >= 11 is 0. The highest BCUT2D eigenvalue weighted by atomic mass is 16.7. The summed E-state index contributed by atoms with van der Waals surface area (Å²) < 4.78 is 9.86. The van der Waals surface area contributed by atoms with Gasteiger partial charge >= 0.3 is 0 Å². The maximum atomic E-state index is 10.9. The van der Waals surface area contributed by atoms with Crippen LogP contribution in [0.15, 0.2) is 0 Å². The molecular weight excluding hydrogens is 206 g/mol. The van der Waals surface area contributed by atoms with Gasteiger partial charge in [-0.1, -0.05) is 0 Å². The quantitative estimate of drug-likeness (QED) is 0.464. The normalized spacial score (nSPS) is 46.5. The zero-order chi connectivity index (χ0) is 11.8. The Balaban J connectivity index is 3.04. The van der Waals surface area contributed by atoms with Crippen molar-refractivity contribution in [3.63, 3.8) is 0 Å². The van der Waals surface area contributed by atoms with Gasteiger partial charge in [-0.25, -0.2) is 0 Å². The molecule has 2 N–H and O–H groups in total. The van der Waals surface area contributed by atoms with Crippen molar-refractivity contribution in [3.05, 3.63) is 10.1 Å². The Morgan fingerprint density at radius 2 is 2.00 bits per heavy atom. The summed E-state index contributed by atoms with van der Waals surface area (Å²) in [6, 6.07) is 0. The van der Waals surface area contributed by atoms with Gasteiger partial charge in [-0.15, -0.1) is 0 Å². The average molecular weight is 221 g/mol. The van der Waals surface area contributed by atoms with Crippen molar-refractivity contribution in [2.24, 2.45) is 0 Å². The lowest BCUT2D eigenvalue weighted by molar-refractivity contribution is -0.608. The van der Waals surface area contributed by atoms with Gasteiger partial charge in [0, 0.05) is 19.0 Å². The van der Waals surface area contributed by atoms with E-state index in [1.165, 1.54) is 21.0 Å². The standard InChI is InChI=1S/C8H15NO6/c1-4-5(10)8(2,9(12)13)6(11)7(14-3)15-4/h4-7,10-11H,1-3H3/t4-,5-,6+,7+,8-/m0/s1. The van der Waals surface area contributed by atoms with E-state index in [0.717, 1.165) is 0 Å². The molecule has 7 heteroatoms. The number of aliphatic hydroxyl groups is 2. The molecule has 88 valence electrons. The van der Waals surface area contributed by atoms with Crippen LogP contribution in [0.2, 0.25) is 0 Å². The smallest absolute Gasteiger partial charge is 0.277 e. The molecule has 0 aromatic carbocycles. The Kier molecular flexibility index (Phi) is 3.29. The van der Waals surface area contributed by atoms with E-state index in [4.69, 9.17) is 9.47 Å². The third-order valence-electron chi connectivity index (χ3n) is 2.87. The van der Waals surface area contributed by atoms with Gasteiger partial charge < -0.3 is 19.7 Å². The number of methoxy groups -OCH3 is 1. The molecule has 1 aliphatic rings. The lowest BCUT2D eigenvalue weighted by atomic mass is 9.83. The first kappa shape index (κ1) is 12.3. The maximum Gasteiger partial charge on any atom is 0.277 e. The molecule has 0 amide bonds. The van der Waals surface area contributed by atoms with Crippen LogP contribution in [0.3, 0.4) is 0 Å². The number of hydrogen-bond acceptors (Lipinski definition) is 6. The highest BCUT2D eigenvalue weighted by Crippen LogP contribution is 2.32. The number of rotatable bonds is 2. The van der Waals surface area contributed by atoms with E-state index in [1.807, 2.05) is 0 Å². The van der Waals surface area contributed by atoms with E-state index >= 15 is 0 Å². The highest BCUT2D eigenvalue weighted by Gasteiger charge is 2.61. The van der Waals surface area contributed by atoms with E-state index in [9.17, 15) is 20.3 Å². The molecule has 0 bridgehead atoms. The van der Waals surface area contributed by atoms with Crippen molar-refractivity contribution in [1.82, 2.24) is 0 Å². The molecule has 15 heavy (non-hydrogen) atoms. The molecular formula is C8H15NO6. The zero-order valence-corrected chi connectivity index (χ0v) is 8.78. The lowest BCUT2D eigenvalue weighted by Gasteiger charge is -2.42. The van der Waals surface area contributed by atoms with Crippen molar-refractivity contribution in [1.29, 1.82) is 0 Å². The first-order chi connectivity index (χ1) is 6.85. The summed E-state index contributed by atoms with van der Waals surface area (Å²) in [7, 11) is 1.28. The van der Waals surface area contributed by atoms with Crippen molar-refractivity contribution >= 4 is 0 Å². The summed E-state index contributed by atoms with van der Waals surface area (Å²) in [5.74, 6) is 0. The van der Waals surface area contributed by atoms with E-state index in [0.29, 0.717) is 0 Å². The van der Waals surface area contributed by atoms with Gasteiger partial charge in [0.05, 0.1) is 6.10 Å². The predicted molar refractivity (Wildman–Crippen MR) is 48.8 cm³/mol. The molecule has 0 unspecified atom stereocenters. The average Bonchev–Trinajstić information content (AvgIpc) is 2.20. The van der Waals surface area contributed by atoms with Crippen LogP contribution in [0.5, 0.6) is 0 Å². The fourth-order valence-corrected chi connectivity index (χ4v) is 1.69. The van der Waals surface area contributed by atoms with Crippen LogP contribution in [-0.4, -0.2) is 52.4 Å². The number of ether oxygens (including phenoxy) is 2. The van der Waals surface area contributed by atoms with E-state index in [1.54, 1.807) is 0 Å². The molecule has 0 aromatic rings. The molecule has 0 radical (unpaired) electrons. The minimum atomic E-state index is -1.88. The van der Waals surface area contributed by atoms with Crippen LogP contribution in [-0.2, 0) is 9.47 Å². The van der Waals surface area contributed by atoms with E-state index in [2.05, 4.69) is 0 Å². The lowest BCUT2D eigenvalue weighted by Crippen LogP contribution is -2.68. The number of aliphatic hydroxyl groups excluding tert-OH is 2. The van der Waals surface area contributed by atoms with Crippen LogP contribution < -0.4 is 0 Å². The molecule has 0 spiro atoms. The van der Waals surface area contributed by atoms with Crippen LogP contribution in [0.25, 0.3) is 0 Å². The van der Waals surface area contributed by atoms with Crippen molar-refractivity contribution in [3.8, 4) is 0 Å². The predicted octanol–water partition coefficient (Wildman–Crippen LogP) is -0.865. The Bertz CT molecular complexity index is 260. The third kappa shape index (κ3) is 1.71. The fourth-order valence-electron chi connectivity index (χ4n) is 1.69. The molecule has 5 atom stereocenters. The first-order valence-corrected chi connectivity index (χ1v) is 4.54. The van der Waals surface area contributed by atoms with Gasteiger partial charge in [0.15, 0.2) is 18.5 Å². The van der Waals surface area contributed by atoms with E-state index in [-0.39, 0.29) is 0 Å². The van der Waals surface area contributed by atoms with Gasteiger partial charge in [0.2, 0.25) is 0 Å². The topological polar surface area (TPSA) is 102 Å². The molecule has 0 aliphatic carbocycles. The van der Waals surface area contributed by atoms with Crippen molar-refractivity contribution < 1.29 is 24.6 Å². The summed E-state index contributed by atoms with van der Waals surface area (Å²) in [6.45, 7) is 2.66. The van der Waals surface area contributed by atoms with Gasteiger partial charge in [0.25, 0.3) is 5.54 Å². The number of nitrogens with zero attached hydrogens (tertiary/aromatic N) is 1. The Morgan fingerprint density at radius 3 is 2.40 bits per heavy atom. The second-order valence-electron chi connectivity index (χ2n) is 3.82. The largest absolute Gasteiger partial charge is 0.383 e. The molecule has 1 saturated heterocycles. The second kappa shape index (κ2) is 4.01. The number of hydrogen-bond donors (Lipinski definition) is 2. The third-order valence-corrected chi connectivity index (χ3v) is 2.87. The Morgan fingerprint density at radius 1 is 1.47 bits per heavy atom. The molecule has 1 heterocycles. The molecule has 1 rings (SSSR count). The highest BCUT2D eigenvalue weighted by molar-refractivity contribution is 4.98.